The number of anilines is 2. The molecule has 0 spiro atoms. The summed E-state index contributed by atoms with van der Waals surface area (Å²) in [4.78, 5) is 15.0. The van der Waals surface area contributed by atoms with Gasteiger partial charge in [0.25, 0.3) is 0 Å². The summed E-state index contributed by atoms with van der Waals surface area (Å²) >= 11 is 3.25. The highest BCUT2D eigenvalue weighted by molar-refractivity contribution is 9.10. The van der Waals surface area contributed by atoms with Crippen LogP contribution in [0.5, 0.6) is 0 Å². The van der Waals surface area contributed by atoms with Crippen molar-refractivity contribution in [1.82, 2.24) is 4.98 Å². The van der Waals surface area contributed by atoms with Crippen LogP contribution in [0.2, 0.25) is 0 Å². The van der Waals surface area contributed by atoms with Crippen LogP contribution in [0.4, 0.5) is 15.9 Å². The monoisotopic (exact) mass is 324 g/mol. The molecule has 4 nitrogen and oxygen atoms in total. The van der Waals surface area contributed by atoms with E-state index in [1.54, 1.807) is 19.1 Å². The molecule has 0 bridgehead atoms. The number of carbonyl (C=O) groups is 1. The SMILES string of the molecule is Cc1nc(Nc2cc(Br)ccc2F)ccc1C(=O)O. The molecule has 1 aromatic heterocycles. The second-order valence-electron chi connectivity index (χ2n) is 3.88. The molecule has 0 saturated carbocycles. The number of carboxylic acid groups (broad SMARTS) is 1. The maximum Gasteiger partial charge on any atom is 0.337 e. The molecule has 2 N–H and O–H groups in total. The minimum atomic E-state index is -1.04. The lowest BCUT2D eigenvalue weighted by atomic mass is 10.2. The second kappa shape index (κ2) is 5.36. The third-order valence-corrected chi connectivity index (χ3v) is 3.00. The van der Waals surface area contributed by atoms with E-state index >= 15 is 0 Å². The highest BCUT2D eigenvalue weighted by Crippen LogP contribution is 2.23. The Labute approximate surface area is 117 Å². The summed E-state index contributed by atoms with van der Waals surface area (Å²) in [6.45, 7) is 1.59. The Kier molecular flexibility index (Phi) is 3.80. The van der Waals surface area contributed by atoms with Gasteiger partial charge in [-0.05, 0) is 37.3 Å². The van der Waals surface area contributed by atoms with Crippen molar-refractivity contribution < 1.29 is 14.3 Å². The van der Waals surface area contributed by atoms with Gasteiger partial charge in [-0.25, -0.2) is 14.2 Å². The van der Waals surface area contributed by atoms with Crippen LogP contribution in [0, 0.1) is 12.7 Å². The Bertz CT molecular complexity index is 647. The van der Waals surface area contributed by atoms with Crippen LogP contribution in [0.25, 0.3) is 0 Å². The molecular formula is C13H10BrFN2O2. The van der Waals surface area contributed by atoms with Gasteiger partial charge < -0.3 is 10.4 Å². The van der Waals surface area contributed by atoms with Gasteiger partial charge >= 0.3 is 5.97 Å². The summed E-state index contributed by atoms with van der Waals surface area (Å²) in [5.74, 6) is -1.06. The number of halogens is 2. The fourth-order valence-electron chi connectivity index (χ4n) is 1.59. The Morgan fingerprint density at radius 1 is 1.37 bits per heavy atom. The van der Waals surface area contributed by atoms with Crippen molar-refractivity contribution in [2.24, 2.45) is 0 Å². The topological polar surface area (TPSA) is 62.2 Å². The quantitative estimate of drug-likeness (QED) is 0.902. The Morgan fingerprint density at radius 2 is 2.11 bits per heavy atom. The van der Waals surface area contributed by atoms with E-state index in [1.807, 2.05) is 0 Å². The zero-order valence-electron chi connectivity index (χ0n) is 9.95. The minimum Gasteiger partial charge on any atom is -0.478 e. The van der Waals surface area contributed by atoms with Gasteiger partial charge in [-0.2, -0.15) is 0 Å². The van der Waals surface area contributed by atoms with E-state index in [2.05, 4.69) is 26.2 Å². The number of aromatic carboxylic acids is 1. The van der Waals surface area contributed by atoms with Crippen molar-refractivity contribution in [2.45, 2.75) is 6.92 Å². The summed E-state index contributed by atoms with van der Waals surface area (Å²) in [6, 6.07) is 7.43. The summed E-state index contributed by atoms with van der Waals surface area (Å²) in [5.41, 5.74) is 0.762. The number of hydrogen-bond acceptors (Lipinski definition) is 3. The van der Waals surface area contributed by atoms with Crippen LogP contribution in [-0.2, 0) is 0 Å². The molecule has 6 heteroatoms. The number of nitrogens with zero attached hydrogens (tertiary/aromatic N) is 1. The summed E-state index contributed by atoms with van der Waals surface area (Å²) in [5, 5.41) is 11.7. The van der Waals surface area contributed by atoms with Crippen LogP contribution in [0.15, 0.2) is 34.8 Å². The normalized spacial score (nSPS) is 10.3. The fraction of sp³-hybridized carbons (Fsp3) is 0.0769. The van der Waals surface area contributed by atoms with Gasteiger partial charge in [-0.3, -0.25) is 0 Å². The standard InChI is InChI=1S/C13H10BrFN2O2/c1-7-9(13(18)19)3-5-12(16-7)17-11-6-8(14)2-4-10(11)15/h2-6H,1H3,(H,16,17)(H,18,19). The van der Waals surface area contributed by atoms with Crippen LogP contribution in [0.1, 0.15) is 16.1 Å². The fourth-order valence-corrected chi connectivity index (χ4v) is 1.95. The predicted octanol–water partition coefficient (Wildman–Crippen LogP) is 3.73. The first kappa shape index (κ1) is 13.5. The lowest BCUT2D eigenvalue weighted by molar-refractivity contribution is 0.0695. The molecule has 2 aromatic rings. The van der Waals surface area contributed by atoms with E-state index in [0.29, 0.717) is 11.5 Å². The Morgan fingerprint density at radius 3 is 2.74 bits per heavy atom. The van der Waals surface area contributed by atoms with Crippen molar-refractivity contribution in [3.05, 3.63) is 51.9 Å². The van der Waals surface area contributed by atoms with E-state index in [-0.39, 0.29) is 11.3 Å². The highest BCUT2D eigenvalue weighted by atomic mass is 79.9. The average molecular weight is 325 g/mol. The number of hydrogen-bond donors (Lipinski definition) is 2. The molecule has 0 unspecified atom stereocenters. The third-order valence-electron chi connectivity index (χ3n) is 2.51. The maximum atomic E-state index is 13.6. The molecule has 0 aliphatic carbocycles. The zero-order chi connectivity index (χ0) is 14.0. The van der Waals surface area contributed by atoms with Gasteiger partial charge in [0.15, 0.2) is 0 Å². The highest BCUT2D eigenvalue weighted by Gasteiger charge is 2.10. The lowest BCUT2D eigenvalue weighted by Gasteiger charge is -2.09. The predicted molar refractivity (Wildman–Crippen MR) is 73.3 cm³/mol. The number of aromatic nitrogens is 1. The molecule has 0 radical (unpaired) electrons. The van der Waals surface area contributed by atoms with Crippen LogP contribution >= 0.6 is 15.9 Å². The van der Waals surface area contributed by atoms with Gasteiger partial charge in [-0.1, -0.05) is 15.9 Å². The number of aryl methyl sites for hydroxylation is 1. The second-order valence-corrected chi connectivity index (χ2v) is 4.80. The lowest BCUT2D eigenvalue weighted by Crippen LogP contribution is -2.04. The maximum absolute atomic E-state index is 13.6. The first-order valence-corrected chi connectivity index (χ1v) is 6.19. The van der Waals surface area contributed by atoms with Crippen LogP contribution < -0.4 is 5.32 Å². The first-order valence-electron chi connectivity index (χ1n) is 5.40. The molecule has 98 valence electrons. The molecule has 1 heterocycles. The number of rotatable bonds is 3. The van der Waals surface area contributed by atoms with Gasteiger partial charge in [0.05, 0.1) is 16.9 Å². The largest absolute Gasteiger partial charge is 0.478 e. The molecule has 0 amide bonds. The van der Waals surface area contributed by atoms with Gasteiger partial charge in [0.1, 0.15) is 11.6 Å². The summed E-state index contributed by atoms with van der Waals surface area (Å²) < 4.78 is 14.3. The molecular weight excluding hydrogens is 315 g/mol. The van der Waals surface area contributed by atoms with E-state index in [0.717, 1.165) is 4.47 Å². The summed E-state index contributed by atoms with van der Waals surface area (Å²) in [7, 11) is 0. The number of benzene rings is 1. The Balaban J connectivity index is 2.31. The molecule has 0 fully saturated rings. The molecule has 0 saturated heterocycles. The van der Waals surface area contributed by atoms with E-state index in [4.69, 9.17) is 5.11 Å². The van der Waals surface area contributed by atoms with Crippen molar-refractivity contribution in [3.63, 3.8) is 0 Å². The first-order chi connectivity index (χ1) is 8.97. The van der Waals surface area contributed by atoms with Gasteiger partial charge in [0.2, 0.25) is 0 Å². The van der Waals surface area contributed by atoms with Crippen molar-refractivity contribution in [2.75, 3.05) is 5.32 Å². The zero-order valence-corrected chi connectivity index (χ0v) is 11.5. The van der Waals surface area contributed by atoms with Crippen LogP contribution in [-0.4, -0.2) is 16.1 Å². The molecule has 2 rings (SSSR count). The van der Waals surface area contributed by atoms with Crippen molar-refractivity contribution in [3.8, 4) is 0 Å². The average Bonchev–Trinajstić information content (AvgIpc) is 2.33. The van der Waals surface area contributed by atoms with Crippen molar-refractivity contribution >= 4 is 33.4 Å². The molecule has 19 heavy (non-hydrogen) atoms. The number of nitrogens with one attached hydrogen (secondary N) is 1. The number of pyridine rings is 1. The molecule has 0 aliphatic rings. The van der Waals surface area contributed by atoms with Gasteiger partial charge in [0, 0.05) is 4.47 Å². The van der Waals surface area contributed by atoms with Gasteiger partial charge in [-0.15, -0.1) is 0 Å². The molecule has 1 aromatic carbocycles. The molecule has 0 aliphatic heterocycles. The minimum absolute atomic E-state index is 0.125. The third kappa shape index (κ3) is 3.08. The van der Waals surface area contributed by atoms with E-state index in [9.17, 15) is 9.18 Å². The number of carboxylic acids is 1. The summed E-state index contributed by atoms with van der Waals surface area (Å²) in [6.07, 6.45) is 0. The Hall–Kier alpha value is -1.95. The van der Waals surface area contributed by atoms with Crippen LogP contribution in [0.3, 0.4) is 0 Å². The smallest absolute Gasteiger partial charge is 0.337 e. The van der Waals surface area contributed by atoms with Crippen molar-refractivity contribution in [1.29, 1.82) is 0 Å². The van der Waals surface area contributed by atoms with E-state index in [1.165, 1.54) is 18.2 Å². The van der Waals surface area contributed by atoms with E-state index < -0.39 is 11.8 Å². The molecule has 0 atom stereocenters.